The number of hydrogen-bond donors (Lipinski definition) is 0. The molecule has 0 N–H and O–H groups in total. The Morgan fingerprint density at radius 3 is 2.32 bits per heavy atom. The van der Waals surface area contributed by atoms with Crippen molar-refractivity contribution in [2.24, 2.45) is 5.92 Å². The van der Waals surface area contributed by atoms with Crippen LogP contribution >= 0.6 is 0 Å². The first-order chi connectivity index (χ1) is 8.61. The molecule has 104 valence electrons. The second kappa shape index (κ2) is 5.51. The average Bonchev–Trinajstić information content (AvgIpc) is 2.24. The smallest absolute Gasteiger partial charge is 0.317 e. The van der Waals surface area contributed by atoms with E-state index >= 15 is 0 Å². The zero-order valence-corrected chi connectivity index (χ0v) is 11.9. The number of benzene rings is 1. The average molecular weight is 266 g/mol. The van der Waals surface area contributed by atoms with Gasteiger partial charge in [-0.05, 0) is 58.4 Å². The molecule has 1 aromatic carbocycles. The summed E-state index contributed by atoms with van der Waals surface area (Å²) < 4.78 is 18.2. The number of hydrogen-bond acceptors (Lipinski definition) is 3. The van der Waals surface area contributed by atoms with Gasteiger partial charge in [-0.25, -0.2) is 4.39 Å². The number of carbonyl (C=O) groups is 2. The molecule has 0 fully saturated rings. The Bertz CT molecular complexity index is 501. The van der Waals surface area contributed by atoms with Crippen molar-refractivity contribution in [3.05, 3.63) is 35.1 Å². The van der Waals surface area contributed by atoms with Crippen LogP contribution in [0, 0.1) is 18.7 Å². The molecule has 1 unspecified atom stereocenters. The van der Waals surface area contributed by atoms with E-state index in [9.17, 15) is 14.0 Å². The Hall–Kier alpha value is -1.71. The molecule has 0 aliphatic carbocycles. The van der Waals surface area contributed by atoms with Crippen LogP contribution in [0.5, 0.6) is 0 Å². The van der Waals surface area contributed by atoms with E-state index in [0.717, 1.165) is 0 Å². The van der Waals surface area contributed by atoms with Gasteiger partial charge in [0, 0.05) is 5.56 Å². The Balaban J connectivity index is 2.91. The highest BCUT2D eigenvalue weighted by molar-refractivity contribution is 6.09. The summed E-state index contributed by atoms with van der Waals surface area (Å²) in [6.07, 6.45) is 0. The van der Waals surface area contributed by atoms with Gasteiger partial charge in [-0.1, -0.05) is 0 Å². The van der Waals surface area contributed by atoms with Gasteiger partial charge in [0.15, 0.2) is 5.78 Å². The van der Waals surface area contributed by atoms with Gasteiger partial charge >= 0.3 is 5.97 Å². The molecule has 0 saturated heterocycles. The number of aryl methyl sites for hydroxylation is 1. The van der Waals surface area contributed by atoms with Crippen LogP contribution < -0.4 is 0 Å². The topological polar surface area (TPSA) is 43.4 Å². The van der Waals surface area contributed by atoms with Crippen molar-refractivity contribution in [2.45, 2.75) is 40.2 Å². The molecular weight excluding hydrogens is 247 g/mol. The third kappa shape index (κ3) is 4.16. The summed E-state index contributed by atoms with van der Waals surface area (Å²) in [5.74, 6) is -2.23. The van der Waals surface area contributed by atoms with Crippen LogP contribution in [0.4, 0.5) is 4.39 Å². The van der Waals surface area contributed by atoms with Crippen molar-refractivity contribution in [2.75, 3.05) is 0 Å². The third-order valence-corrected chi connectivity index (χ3v) is 2.61. The lowest BCUT2D eigenvalue weighted by molar-refractivity contribution is -0.157. The molecule has 0 heterocycles. The Kier molecular flexibility index (Phi) is 4.45. The molecule has 0 radical (unpaired) electrons. The third-order valence-electron chi connectivity index (χ3n) is 2.61. The minimum absolute atomic E-state index is 0.347. The van der Waals surface area contributed by atoms with Gasteiger partial charge in [0.05, 0.1) is 0 Å². The summed E-state index contributed by atoms with van der Waals surface area (Å²) in [6.45, 7) is 8.36. The second-order valence-corrected chi connectivity index (χ2v) is 5.58. The highest BCUT2D eigenvalue weighted by Crippen LogP contribution is 2.18. The number of rotatable bonds is 3. The monoisotopic (exact) mass is 266 g/mol. The molecule has 0 aliphatic heterocycles. The first-order valence-corrected chi connectivity index (χ1v) is 6.15. The van der Waals surface area contributed by atoms with Crippen LogP contribution in [0.25, 0.3) is 0 Å². The van der Waals surface area contributed by atoms with Crippen molar-refractivity contribution in [1.29, 1.82) is 0 Å². The van der Waals surface area contributed by atoms with Gasteiger partial charge in [0.2, 0.25) is 0 Å². The minimum atomic E-state index is -0.900. The molecule has 1 rings (SSSR count). The largest absolute Gasteiger partial charge is 0.459 e. The lowest BCUT2D eigenvalue weighted by Crippen LogP contribution is -2.31. The van der Waals surface area contributed by atoms with E-state index in [1.54, 1.807) is 27.7 Å². The first-order valence-electron chi connectivity index (χ1n) is 6.15. The summed E-state index contributed by atoms with van der Waals surface area (Å²) in [7, 11) is 0. The lowest BCUT2D eigenvalue weighted by atomic mass is 9.95. The van der Waals surface area contributed by atoms with Gasteiger partial charge in [0.25, 0.3) is 0 Å². The maximum atomic E-state index is 13.0. The predicted octanol–water partition coefficient (Wildman–Crippen LogP) is 3.29. The number of ketones is 1. The number of esters is 1. The molecular formula is C15H19FO3. The van der Waals surface area contributed by atoms with Crippen molar-refractivity contribution in [3.8, 4) is 0 Å². The summed E-state index contributed by atoms with van der Waals surface area (Å²) in [4.78, 5) is 24.0. The van der Waals surface area contributed by atoms with Gasteiger partial charge in [-0.15, -0.1) is 0 Å². The molecule has 0 aliphatic rings. The summed E-state index contributed by atoms with van der Waals surface area (Å²) >= 11 is 0. The molecule has 0 spiro atoms. The van der Waals surface area contributed by atoms with Crippen molar-refractivity contribution >= 4 is 11.8 Å². The van der Waals surface area contributed by atoms with Crippen LogP contribution in [0.2, 0.25) is 0 Å². The van der Waals surface area contributed by atoms with Gasteiger partial charge in [0.1, 0.15) is 17.3 Å². The standard InChI is InChI=1S/C15H19FO3/c1-9-8-11(16)6-7-12(9)13(17)10(2)14(18)19-15(3,4)5/h6-8,10H,1-5H3. The fraction of sp³-hybridized carbons (Fsp3) is 0.467. The quantitative estimate of drug-likeness (QED) is 0.479. The number of halogens is 1. The van der Waals surface area contributed by atoms with E-state index in [1.165, 1.54) is 25.1 Å². The minimum Gasteiger partial charge on any atom is -0.459 e. The number of ether oxygens (including phenoxy) is 1. The van der Waals surface area contributed by atoms with Crippen LogP contribution in [0.1, 0.15) is 43.6 Å². The predicted molar refractivity (Wildman–Crippen MR) is 70.5 cm³/mol. The van der Waals surface area contributed by atoms with Crippen LogP contribution in [0.3, 0.4) is 0 Å². The maximum Gasteiger partial charge on any atom is 0.317 e. The van der Waals surface area contributed by atoms with Crippen LogP contribution in [0.15, 0.2) is 18.2 Å². The van der Waals surface area contributed by atoms with E-state index in [1.807, 2.05) is 0 Å². The summed E-state index contributed by atoms with van der Waals surface area (Å²) in [5, 5.41) is 0. The molecule has 0 bridgehead atoms. The molecule has 0 aromatic heterocycles. The molecule has 0 saturated carbocycles. The van der Waals surface area contributed by atoms with Crippen molar-refractivity contribution in [3.63, 3.8) is 0 Å². The molecule has 1 aromatic rings. The van der Waals surface area contributed by atoms with E-state index in [0.29, 0.717) is 11.1 Å². The second-order valence-electron chi connectivity index (χ2n) is 5.58. The Morgan fingerprint density at radius 2 is 1.84 bits per heavy atom. The zero-order chi connectivity index (χ0) is 14.8. The Morgan fingerprint density at radius 1 is 1.26 bits per heavy atom. The fourth-order valence-electron chi connectivity index (χ4n) is 1.63. The summed E-state index contributed by atoms with van der Waals surface area (Å²) in [5.41, 5.74) is 0.226. The molecule has 4 heteroatoms. The van der Waals surface area contributed by atoms with Crippen molar-refractivity contribution in [1.82, 2.24) is 0 Å². The SMILES string of the molecule is Cc1cc(F)ccc1C(=O)C(C)C(=O)OC(C)(C)C. The maximum absolute atomic E-state index is 13.0. The van der Waals surface area contributed by atoms with Crippen molar-refractivity contribution < 1.29 is 18.7 Å². The van der Waals surface area contributed by atoms with Gasteiger partial charge < -0.3 is 4.74 Å². The van der Waals surface area contributed by atoms with E-state index in [2.05, 4.69) is 0 Å². The van der Waals surface area contributed by atoms with Crippen LogP contribution in [-0.2, 0) is 9.53 Å². The molecule has 0 amide bonds. The lowest BCUT2D eigenvalue weighted by Gasteiger charge is -2.22. The van der Waals surface area contributed by atoms with Crippen LogP contribution in [-0.4, -0.2) is 17.4 Å². The molecule has 19 heavy (non-hydrogen) atoms. The molecule has 1 atom stereocenters. The van der Waals surface area contributed by atoms with E-state index < -0.39 is 23.3 Å². The number of carbonyl (C=O) groups excluding carboxylic acids is 2. The van der Waals surface area contributed by atoms with E-state index in [4.69, 9.17) is 4.74 Å². The highest BCUT2D eigenvalue weighted by Gasteiger charge is 2.28. The fourth-order valence-corrected chi connectivity index (χ4v) is 1.63. The first kappa shape index (κ1) is 15.3. The summed E-state index contributed by atoms with van der Waals surface area (Å²) in [6, 6.07) is 3.88. The number of Topliss-reactive ketones (excluding diaryl/α,β-unsaturated/α-hetero) is 1. The van der Waals surface area contributed by atoms with E-state index in [-0.39, 0.29) is 5.78 Å². The normalized spacial score (nSPS) is 12.9. The highest BCUT2D eigenvalue weighted by atomic mass is 19.1. The van der Waals surface area contributed by atoms with Gasteiger partial charge in [-0.2, -0.15) is 0 Å². The zero-order valence-electron chi connectivity index (χ0n) is 11.9. The molecule has 3 nitrogen and oxygen atoms in total. The van der Waals surface area contributed by atoms with Gasteiger partial charge in [-0.3, -0.25) is 9.59 Å². The Labute approximate surface area is 112 Å².